The highest BCUT2D eigenvalue weighted by Crippen LogP contribution is 2.16. The maximum Gasteiger partial charge on any atom is 0.245 e. The number of imidazole rings is 1. The fourth-order valence-electron chi connectivity index (χ4n) is 1.91. The lowest BCUT2D eigenvalue weighted by Gasteiger charge is -2.07. The molecule has 96 valence electrons. The smallest absolute Gasteiger partial charge is 0.245 e. The monoisotopic (exact) mass is 271 g/mol. The number of aromatic amines is 1. The molecule has 0 fully saturated rings. The highest BCUT2D eigenvalue weighted by Gasteiger charge is 2.16. The number of benzene rings is 1. The number of hydrogen-bond donors (Lipinski definition) is 1. The van der Waals surface area contributed by atoms with Crippen LogP contribution in [0.4, 0.5) is 0 Å². The maximum atomic E-state index is 12.2. The molecule has 0 radical (unpaired) electrons. The molecule has 1 N–H and O–H groups in total. The summed E-state index contributed by atoms with van der Waals surface area (Å²) in [7, 11) is 0. The number of aryl methyl sites for hydroxylation is 1. The highest BCUT2D eigenvalue weighted by molar-refractivity contribution is 7.90. The number of fused-ring (bicyclic) bond motifs is 1. The van der Waals surface area contributed by atoms with Gasteiger partial charge >= 0.3 is 0 Å². The summed E-state index contributed by atoms with van der Waals surface area (Å²) >= 11 is -1.18. The van der Waals surface area contributed by atoms with Gasteiger partial charge in [-0.15, -0.1) is 0 Å². The van der Waals surface area contributed by atoms with Gasteiger partial charge in [-0.2, -0.15) is 0 Å². The number of nitrogens with one attached hydrogen (secondary N) is 1. The Balaban J connectivity index is 1.84. The summed E-state index contributed by atoms with van der Waals surface area (Å²) in [5, 5.41) is 0.598. The summed E-state index contributed by atoms with van der Waals surface area (Å²) in [6, 6.07) is 11.5. The summed E-state index contributed by atoms with van der Waals surface area (Å²) in [6.45, 7) is 1.96. The zero-order valence-corrected chi connectivity index (χ0v) is 11.3. The SMILES string of the molecule is Cc1ccnc([S+]([O-])Cc2nc3ccccc3[nH]2)c1. The zero-order valence-electron chi connectivity index (χ0n) is 10.5. The molecule has 0 aliphatic carbocycles. The third kappa shape index (κ3) is 2.62. The van der Waals surface area contributed by atoms with Crippen LogP contribution in [-0.2, 0) is 16.9 Å². The van der Waals surface area contributed by atoms with E-state index in [9.17, 15) is 4.55 Å². The van der Waals surface area contributed by atoms with E-state index in [1.165, 1.54) is 0 Å². The highest BCUT2D eigenvalue weighted by atomic mass is 32.2. The molecule has 3 rings (SSSR count). The summed E-state index contributed by atoms with van der Waals surface area (Å²) < 4.78 is 12.2. The Kier molecular flexibility index (Phi) is 3.23. The first-order chi connectivity index (χ1) is 9.22. The molecule has 0 aliphatic rings. The third-order valence-electron chi connectivity index (χ3n) is 2.83. The maximum absolute atomic E-state index is 12.2. The van der Waals surface area contributed by atoms with Crippen molar-refractivity contribution in [1.29, 1.82) is 0 Å². The van der Waals surface area contributed by atoms with E-state index in [0.29, 0.717) is 10.8 Å². The summed E-state index contributed by atoms with van der Waals surface area (Å²) in [6.07, 6.45) is 1.68. The van der Waals surface area contributed by atoms with Gasteiger partial charge in [-0.25, -0.2) is 9.97 Å². The molecule has 2 heterocycles. The van der Waals surface area contributed by atoms with Crippen LogP contribution < -0.4 is 0 Å². The van der Waals surface area contributed by atoms with Gasteiger partial charge in [0.1, 0.15) is 0 Å². The second kappa shape index (κ2) is 5.03. The molecule has 19 heavy (non-hydrogen) atoms. The van der Waals surface area contributed by atoms with Crippen LogP contribution in [0.15, 0.2) is 47.6 Å². The predicted molar refractivity (Wildman–Crippen MR) is 75.2 cm³/mol. The summed E-state index contributed by atoms with van der Waals surface area (Å²) in [5.41, 5.74) is 2.92. The Hall–Kier alpha value is -1.85. The van der Waals surface area contributed by atoms with Crippen LogP contribution in [-0.4, -0.2) is 19.5 Å². The average Bonchev–Trinajstić information content (AvgIpc) is 2.80. The molecule has 0 spiro atoms. The van der Waals surface area contributed by atoms with Gasteiger partial charge in [0.2, 0.25) is 5.03 Å². The van der Waals surface area contributed by atoms with Gasteiger partial charge in [0, 0.05) is 23.4 Å². The minimum Gasteiger partial charge on any atom is -0.610 e. The van der Waals surface area contributed by atoms with Gasteiger partial charge in [0.25, 0.3) is 0 Å². The Morgan fingerprint density at radius 1 is 1.26 bits per heavy atom. The standard InChI is InChI=1S/C14H13N3OS/c1-10-6-7-15-14(8-10)19(18)9-13-16-11-4-2-3-5-12(11)17-13/h2-8H,9H2,1H3,(H,16,17). The zero-order chi connectivity index (χ0) is 13.2. The fraction of sp³-hybridized carbons (Fsp3) is 0.143. The minimum absolute atomic E-state index is 0.352. The normalized spacial score (nSPS) is 12.7. The largest absolute Gasteiger partial charge is 0.610 e. The van der Waals surface area contributed by atoms with Gasteiger partial charge in [0.15, 0.2) is 11.6 Å². The molecule has 5 heteroatoms. The van der Waals surface area contributed by atoms with Crippen molar-refractivity contribution in [1.82, 2.24) is 15.0 Å². The van der Waals surface area contributed by atoms with Crippen molar-refractivity contribution in [2.45, 2.75) is 17.7 Å². The van der Waals surface area contributed by atoms with Crippen LogP contribution in [0.2, 0.25) is 0 Å². The number of H-pyrrole nitrogens is 1. The molecular weight excluding hydrogens is 258 g/mol. The van der Waals surface area contributed by atoms with Crippen molar-refractivity contribution in [2.24, 2.45) is 0 Å². The van der Waals surface area contributed by atoms with Gasteiger partial charge in [-0.1, -0.05) is 12.1 Å². The molecule has 0 bridgehead atoms. The first kappa shape index (κ1) is 12.2. The summed E-state index contributed by atoms with van der Waals surface area (Å²) in [5.74, 6) is 1.08. The Morgan fingerprint density at radius 2 is 2.11 bits per heavy atom. The lowest BCUT2D eigenvalue weighted by molar-refractivity contribution is 0.589. The molecule has 0 saturated carbocycles. The second-order valence-corrected chi connectivity index (χ2v) is 5.76. The molecule has 1 unspecified atom stereocenters. The first-order valence-corrected chi connectivity index (χ1v) is 7.29. The van der Waals surface area contributed by atoms with Crippen LogP contribution >= 0.6 is 0 Å². The van der Waals surface area contributed by atoms with Gasteiger partial charge < -0.3 is 9.54 Å². The molecule has 0 saturated heterocycles. The van der Waals surface area contributed by atoms with Crippen LogP contribution in [0.5, 0.6) is 0 Å². The van der Waals surface area contributed by atoms with E-state index in [2.05, 4.69) is 15.0 Å². The van der Waals surface area contributed by atoms with Crippen molar-refractivity contribution in [3.8, 4) is 0 Å². The predicted octanol–water partition coefficient (Wildman–Crippen LogP) is 2.57. The Morgan fingerprint density at radius 3 is 2.89 bits per heavy atom. The van der Waals surface area contributed by atoms with Crippen molar-refractivity contribution in [3.63, 3.8) is 0 Å². The quantitative estimate of drug-likeness (QED) is 0.745. The van der Waals surface area contributed by atoms with Crippen molar-refractivity contribution in [3.05, 3.63) is 54.0 Å². The molecule has 0 amide bonds. The topological polar surface area (TPSA) is 64.6 Å². The van der Waals surface area contributed by atoms with Crippen LogP contribution in [0.3, 0.4) is 0 Å². The van der Waals surface area contributed by atoms with Crippen molar-refractivity contribution < 1.29 is 4.55 Å². The van der Waals surface area contributed by atoms with Gasteiger partial charge in [-0.3, -0.25) is 0 Å². The van der Waals surface area contributed by atoms with E-state index >= 15 is 0 Å². The van der Waals surface area contributed by atoms with Crippen LogP contribution in [0, 0.1) is 6.92 Å². The van der Waals surface area contributed by atoms with E-state index in [-0.39, 0.29) is 0 Å². The number of nitrogens with zero attached hydrogens (tertiary/aromatic N) is 2. The first-order valence-electron chi connectivity index (χ1n) is 5.97. The Labute approximate surface area is 114 Å². The molecule has 0 aliphatic heterocycles. The van der Waals surface area contributed by atoms with E-state index in [1.807, 2.05) is 43.3 Å². The van der Waals surface area contributed by atoms with Crippen LogP contribution in [0.1, 0.15) is 11.4 Å². The molecule has 1 atom stereocenters. The van der Waals surface area contributed by atoms with Gasteiger partial charge in [0.05, 0.1) is 11.0 Å². The molecule has 3 aromatic rings. The van der Waals surface area contributed by atoms with E-state index in [4.69, 9.17) is 0 Å². The fourth-order valence-corrected chi connectivity index (χ4v) is 2.93. The lowest BCUT2D eigenvalue weighted by Crippen LogP contribution is -2.08. The van der Waals surface area contributed by atoms with Gasteiger partial charge in [-0.05, 0) is 30.7 Å². The molecule has 1 aromatic carbocycles. The van der Waals surface area contributed by atoms with Crippen LogP contribution in [0.25, 0.3) is 11.0 Å². The third-order valence-corrected chi connectivity index (χ3v) is 4.06. The van der Waals surface area contributed by atoms with Crippen molar-refractivity contribution in [2.75, 3.05) is 0 Å². The number of hydrogen-bond acceptors (Lipinski definition) is 3. The van der Waals surface area contributed by atoms with Crippen molar-refractivity contribution >= 4 is 22.2 Å². The molecular formula is C14H13N3OS. The number of rotatable bonds is 3. The average molecular weight is 271 g/mol. The molecule has 4 nitrogen and oxygen atoms in total. The minimum atomic E-state index is -1.18. The number of para-hydroxylation sites is 2. The lowest BCUT2D eigenvalue weighted by atomic mass is 10.3. The Bertz CT molecular complexity index is 677. The number of aromatic nitrogens is 3. The van der Waals surface area contributed by atoms with E-state index in [1.54, 1.807) is 6.20 Å². The number of pyridine rings is 1. The second-order valence-electron chi connectivity index (χ2n) is 4.36. The van der Waals surface area contributed by atoms with E-state index in [0.717, 1.165) is 22.4 Å². The molecule has 2 aromatic heterocycles. The summed E-state index contributed by atoms with van der Waals surface area (Å²) in [4.78, 5) is 11.8. The van der Waals surface area contributed by atoms with E-state index < -0.39 is 11.2 Å².